The highest BCUT2D eigenvalue weighted by molar-refractivity contribution is 6.00. The zero-order valence-electron chi connectivity index (χ0n) is 15.8. The third-order valence-corrected chi connectivity index (χ3v) is 4.19. The highest BCUT2D eigenvalue weighted by atomic mass is 16.6. The van der Waals surface area contributed by atoms with Crippen molar-refractivity contribution in [1.29, 1.82) is 0 Å². The van der Waals surface area contributed by atoms with Crippen LogP contribution in [-0.4, -0.2) is 31.2 Å². The van der Waals surface area contributed by atoms with E-state index in [0.717, 1.165) is 5.56 Å². The van der Waals surface area contributed by atoms with E-state index < -0.39 is 15.8 Å². The van der Waals surface area contributed by atoms with Gasteiger partial charge in [-0.05, 0) is 36.2 Å². The first-order chi connectivity index (χ1) is 14.3. The van der Waals surface area contributed by atoms with Gasteiger partial charge in [0.1, 0.15) is 0 Å². The molecule has 3 rings (SSSR count). The number of carbonyl (C=O) groups is 1. The number of hydrogen-bond acceptors (Lipinski definition) is 7. The van der Waals surface area contributed by atoms with E-state index >= 15 is 0 Å². The standard InChI is InChI=1S/C19H16N6O5/c1-13(15-4-8-17(9-5-15)25(29)30)20-21-19(26)18-10-11-23(22-18)12-14-2-6-16(7-3-14)24(27)28/h2-11H,12H2,1H3,(H,21,26)/b20-13+. The fraction of sp³-hybridized carbons (Fsp3) is 0.105. The summed E-state index contributed by atoms with van der Waals surface area (Å²) in [5.41, 5.74) is 4.41. The van der Waals surface area contributed by atoms with Crippen molar-refractivity contribution in [2.24, 2.45) is 5.10 Å². The van der Waals surface area contributed by atoms with E-state index in [2.05, 4.69) is 15.6 Å². The predicted molar refractivity (Wildman–Crippen MR) is 107 cm³/mol. The van der Waals surface area contributed by atoms with Crippen LogP contribution in [0.3, 0.4) is 0 Å². The molecule has 0 aliphatic carbocycles. The summed E-state index contributed by atoms with van der Waals surface area (Å²) in [7, 11) is 0. The minimum Gasteiger partial charge on any atom is -0.268 e. The van der Waals surface area contributed by atoms with Crippen molar-refractivity contribution in [3.8, 4) is 0 Å². The van der Waals surface area contributed by atoms with Crippen LogP contribution in [0, 0.1) is 20.2 Å². The second-order valence-corrected chi connectivity index (χ2v) is 6.26. The third kappa shape index (κ3) is 4.90. The number of nitrogens with zero attached hydrogens (tertiary/aromatic N) is 5. The molecular weight excluding hydrogens is 392 g/mol. The zero-order valence-corrected chi connectivity index (χ0v) is 15.8. The minimum absolute atomic E-state index is 0.000495. The van der Waals surface area contributed by atoms with Gasteiger partial charge in [-0.15, -0.1) is 0 Å². The molecule has 3 aromatic rings. The van der Waals surface area contributed by atoms with Gasteiger partial charge >= 0.3 is 0 Å². The number of benzene rings is 2. The number of aromatic nitrogens is 2. The normalized spacial score (nSPS) is 11.2. The van der Waals surface area contributed by atoms with E-state index in [0.29, 0.717) is 17.8 Å². The first-order valence-electron chi connectivity index (χ1n) is 8.70. The number of hydrogen-bond donors (Lipinski definition) is 1. The summed E-state index contributed by atoms with van der Waals surface area (Å²) in [5.74, 6) is -0.515. The van der Waals surface area contributed by atoms with Crippen LogP contribution in [0.5, 0.6) is 0 Å². The second-order valence-electron chi connectivity index (χ2n) is 6.26. The molecule has 1 amide bonds. The summed E-state index contributed by atoms with van der Waals surface area (Å²) in [4.78, 5) is 32.7. The van der Waals surface area contributed by atoms with Crippen LogP contribution in [-0.2, 0) is 6.54 Å². The molecular formula is C19H16N6O5. The quantitative estimate of drug-likeness (QED) is 0.361. The Morgan fingerprint density at radius 1 is 1.00 bits per heavy atom. The maximum atomic E-state index is 12.3. The van der Waals surface area contributed by atoms with Crippen molar-refractivity contribution in [1.82, 2.24) is 15.2 Å². The number of rotatable bonds is 7. The molecule has 0 bridgehead atoms. The van der Waals surface area contributed by atoms with Gasteiger partial charge in [0, 0.05) is 30.5 Å². The van der Waals surface area contributed by atoms with Gasteiger partial charge in [-0.1, -0.05) is 12.1 Å². The van der Waals surface area contributed by atoms with Gasteiger partial charge in [0.2, 0.25) is 0 Å². The number of nitrogens with one attached hydrogen (secondary N) is 1. The van der Waals surface area contributed by atoms with Crippen LogP contribution >= 0.6 is 0 Å². The number of nitro benzene ring substituents is 2. The molecule has 11 heteroatoms. The lowest BCUT2D eigenvalue weighted by atomic mass is 10.1. The molecule has 0 aliphatic heterocycles. The monoisotopic (exact) mass is 408 g/mol. The van der Waals surface area contributed by atoms with Crippen molar-refractivity contribution in [2.45, 2.75) is 13.5 Å². The van der Waals surface area contributed by atoms with E-state index in [4.69, 9.17) is 0 Å². The topological polar surface area (TPSA) is 146 Å². The maximum absolute atomic E-state index is 12.3. The van der Waals surface area contributed by atoms with Gasteiger partial charge in [0.15, 0.2) is 5.69 Å². The highest BCUT2D eigenvalue weighted by Crippen LogP contribution is 2.14. The zero-order chi connectivity index (χ0) is 21.7. The van der Waals surface area contributed by atoms with E-state index in [1.807, 2.05) is 0 Å². The third-order valence-electron chi connectivity index (χ3n) is 4.19. The van der Waals surface area contributed by atoms with Crippen LogP contribution in [0.15, 0.2) is 65.9 Å². The number of carbonyl (C=O) groups excluding carboxylic acids is 1. The fourth-order valence-electron chi connectivity index (χ4n) is 2.56. The Morgan fingerprint density at radius 3 is 2.13 bits per heavy atom. The molecule has 0 spiro atoms. The lowest BCUT2D eigenvalue weighted by Gasteiger charge is -2.03. The summed E-state index contributed by atoms with van der Waals surface area (Å²) in [5, 5.41) is 29.6. The molecule has 1 N–H and O–H groups in total. The fourth-order valence-corrected chi connectivity index (χ4v) is 2.56. The highest BCUT2D eigenvalue weighted by Gasteiger charge is 2.11. The molecule has 30 heavy (non-hydrogen) atoms. The number of hydrazone groups is 1. The lowest BCUT2D eigenvalue weighted by molar-refractivity contribution is -0.385. The molecule has 0 aliphatic rings. The second kappa shape index (κ2) is 8.73. The molecule has 1 aromatic heterocycles. The van der Waals surface area contributed by atoms with Crippen molar-refractivity contribution < 1.29 is 14.6 Å². The van der Waals surface area contributed by atoms with E-state index in [1.165, 1.54) is 35.0 Å². The Kier molecular flexibility index (Phi) is 5.92. The average molecular weight is 408 g/mol. The van der Waals surface area contributed by atoms with Crippen molar-refractivity contribution in [3.63, 3.8) is 0 Å². The van der Waals surface area contributed by atoms with Crippen molar-refractivity contribution in [3.05, 3.63) is 97.8 Å². The minimum atomic E-state index is -0.515. The van der Waals surface area contributed by atoms with Gasteiger partial charge in [0.05, 0.1) is 22.1 Å². The Morgan fingerprint density at radius 2 is 1.57 bits per heavy atom. The van der Waals surface area contributed by atoms with Crippen molar-refractivity contribution >= 4 is 23.0 Å². The molecule has 0 saturated carbocycles. The Hall–Kier alpha value is -4.41. The van der Waals surface area contributed by atoms with E-state index in [1.54, 1.807) is 37.4 Å². The number of amides is 1. The average Bonchev–Trinajstić information content (AvgIpc) is 3.20. The molecule has 152 valence electrons. The van der Waals surface area contributed by atoms with Crippen molar-refractivity contribution in [2.75, 3.05) is 0 Å². The van der Waals surface area contributed by atoms with E-state index in [9.17, 15) is 25.0 Å². The van der Waals surface area contributed by atoms with Crippen LogP contribution in [0.25, 0.3) is 0 Å². The van der Waals surface area contributed by atoms with Gasteiger partial charge < -0.3 is 0 Å². The largest absolute Gasteiger partial charge is 0.291 e. The number of non-ortho nitro benzene ring substituents is 2. The Labute approximate surface area is 169 Å². The molecule has 0 fully saturated rings. The van der Waals surface area contributed by atoms with E-state index in [-0.39, 0.29) is 17.1 Å². The summed E-state index contributed by atoms with van der Waals surface area (Å²) in [6.45, 7) is 2.00. The number of nitro groups is 2. The lowest BCUT2D eigenvalue weighted by Crippen LogP contribution is -2.20. The molecule has 11 nitrogen and oxygen atoms in total. The van der Waals surface area contributed by atoms with Gasteiger partial charge in [-0.2, -0.15) is 10.2 Å². The molecule has 0 unspecified atom stereocenters. The Bertz CT molecular complexity index is 1120. The van der Waals surface area contributed by atoms with Crippen LogP contribution in [0.4, 0.5) is 11.4 Å². The molecule has 0 atom stereocenters. The van der Waals surface area contributed by atoms with Gasteiger partial charge in [-0.3, -0.25) is 29.7 Å². The molecule has 0 radical (unpaired) electrons. The molecule has 0 saturated heterocycles. The van der Waals surface area contributed by atoms with Crippen LogP contribution < -0.4 is 5.43 Å². The maximum Gasteiger partial charge on any atom is 0.291 e. The summed E-state index contributed by atoms with van der Waals surface area (Å²) >= 11 is 0. The first-order valence-corrected chi connectivity index (χ1v) is 8.70. The van der Waals surface area contributed by atoms with Crippen LogP contribution in [0.2, 0.25) is 0 Å². The smallest absolute Gasteiger partial charge is 0.268 e. The molecule has 2 aromatic carbocycles. The first kappa shape index (κ1) is 20.3. The Balaban J connectivity index is 1.62. The SMILES string of the molecule is C/C(=N\NC(=O)c1ccn(Cc2ccc([N+](=O)[O-])cc2)n1)c1ccc([N+](=O)[O-])cc1. The predicted octanol–water partition coefficient (Wildman–Crippen LogP) is 2.90. The van der Waals surface area contributed by atoms with Crippen LogP contribution in [0.1, 0.15) is 28.5 Å². The molecule has 1 heterocycles. The summed E-state index contributed by atoms with van der Waals surface area (Å²) in [6, 6.07) is 13.4. The van der Waals surface area contributed by atoms with Gasteiger partial charge in [0.25, 0.3) is 17.3 Å². The van der Waals surface area contributed by atoms with Gasteiger partial charge in [-0.25, -0.2) is 5.43 Å². The summed E-state index contributed by atoms with van der Waals surface area (Å²) < 4.78 is 1.53. The summed E-state index contributed by atoms with van der Waals surface area (Å²) in [6.07, 6.45) is 1.61.